The van der Waals surface area contributed by atoms with Gasteiger partial charge in [0.1, 0.15) is 11.5 Å². The lowest BCUT2D eigenvalue weighted by Crippen LogP contribution is -2.50. The highest BCUT2D eigenvalue weighted by Crippen LogP contribution is 2.29. The van der Waals surface area contributed by atoms with Gasteiger partial charge < -0.3 is 20.4 Å². The van der Waals surface area contributed by atoms with Crippen LogP contribution in [0.15, 0.2) is 83.3 Å². The summed E-state index contributed by atoms with van der Waals surface area (Å²) in [7, 11) is 0. The van der Waals surface area contributed by atoms with Crippen LogP contribution in [0.25, 0.3) is 11.3 Å². The molecular weight excluding hydrogens is 520 g/mol. The van der Waals surface area contributed by atoms with Gasteiger partial charge in [-0.1, -0.05) is 53.6 Å². The molecule has 0 unspecified atom stereocenters. The Hall–Kier alpha value is -3.89. The first-order valence-electron chi connectivity index (χ1n) is 13.6. The second kappa shape index (κ2) is 12.5. The van der Waals surface area contributed by atoms with E-state index in [1.54, 1.807) is 12.1 Å². The lowest BCUT2D eigenvalue weighted by atomic mass is 9.85. The maximum Gasteiger partial charge on any atom is 0.253 e. The Balaban J connectivity index is 1.26. The highest BCUT2D eigenvalue weighted by molar-refractivity contribution is 6.34. The van der Waals surface area contributed by atoms with E-state index in [-0.39, 0.29) is 23.9 Å². The number of rotatable bonds is 8. The Morgan fingerprint density at radius 1 is 1.10 bits per heavy atom. The molecule has 2 heterocycles. The number of amides is 1. The molecule has 0 radical (unpaired) electrons. The third-order valence-corrected chi connectivity index (χ3v) is 7.91. The van der Waals surface area contributed by atoms with Crippen LogP contribution in [0, 0.1) is 18.3 Å². The number of aryl methyl sites for hydroxylation is 1. The van der Waals surface area contributed by atoms with E-state index in [9.17, 15) is 4.79 Å². The van der Waals surface area contributed by atoms with Crippen molar-refractivity contribution in [3.8, 4) is 17.4 Å². The molecule has 1 aliphatic rings. The maximum atomic E-state index is 13.4. The maximum absolute atomic E-state index is 13.4. The van der Waals surface area contributed by atoms with E-state index in [1.807, 2.05) is 42.5 Å². The number of halogens is 1. The molecule has 3 aromatic carbocycles. The average Bonchev–Trinajstić information content (AvgIpc) is 3.46. The van der Waals surface area contributed by atoms with Gasteiger partial charge in [0.05, 0.1) is 28.8 Å². The van der Waals surface area contributed by atoms with Crippen molar-refractivity contribution in [2.75, 3.05) is 13.1 Å². The average molecular weight is 553 g/mol. The molecule has 7 heteroatoms. The molecule has 1 aromatic heterocycles. The molecule has 1 aliphatic heterocycles. The van der Waals surface area contributed by atoms with Gasteiger partial charge in [-0.3, -0.25) is 4.79 Å². The Kier molecular flexibility index (Phi) is 8.66. The molecule has 0 saturated carbocycles. The largest absolute Gasteiger partial charge is 0.460 e. The predicted octanol–water partition coefficient (Wildman–Crippen LogP) is 6.51. The highest BCUT2D eigenvalue weighted by Gasteiger charge is 2.28. The molecule has 3 atom stereocenters. The van der Waals surface area contributed by atoms with Crippen LogP contribution in [0.2, 0.25) is 5.02 Å². The van der Waals surface area contributed by atoms with E-state index in [4.69, 9.17) is 21.3 Å². The molecule has 3 N–H and O–H groups in total. The normalized spacial score (nSPS) is 17.6. The topological polar surface area (TPSA) is 90.1 Å². The monoisotopic (exact) mass is 552 g/mol. The Morgan fingerprint density at radius 3 is 2.62 bits per heavy atom. The SMILES string of the molecule is Cc1ccc([C@@H](C)NCc2ccc(-c3ccc(Cl)c(C(=O)N[C@H]4CNCC[C@H]4c4ccc(C#N)cc4)c3)o2)cc1. The number of nitrogens with one attached hydrogen (secondary N) is 3. The van der Waals surface area contributed by atoms with Crippen molar-refractivity contribution in [3.05, 3.63) is 117 Å². The molecule has 1 saturated heterocycles. The summed E-state index contributed by atoms with van der Waals surface area (Å²) in [5.41, 5.74) is 5.40. The second-order valence-corrected chi connectivity index (χ2v) is 10.8. The molecule has 4 aromatic rings. The first-order valence-corrected chi connectivity index (χ1v) is 14.0. The molecule has 1 amide bonds. The van der Waals surface area contributed by atoms with Gasteiger partial charge in [0, 0.05) is 30.1 Å². The van der Waals surface area contributed by atoms with Gasteiger partial charge in [-0.05, 0) is 80.4 Å². The van der Waals surface area contributed by atoms with E-state index >= 15 is 0 Å². The van der Waals surface area contributed by atoms with Gasteiger partial charge in [-0.25, -0.2) is 0 Å². The van der Waals surface area contributed by atoms with E-state index in [0.29, 0.717) is 35.0 Å². The van der Waals surface area contributed by atoms with Crippen molar-refractivity contribution in [3.63, 3.8) is 0 Å². The summed E-state index contributed by atoms with van der Waals surface area (Å²) in [6.07, 6.45) is 0.885. The van der Waals surface area contributed by atoms with Crippen LogP contribution in [0.1, 0.15) is 63.7 Å². The first kappa shape index (κ1) is 27.7. The summed E-state index contributed by atoms with van der Waals surface area (Å²) >= 11 is 6.49. The van der Waals surface area contributed by atoms with E-state index in [0.717, 1.165) is 29.9 Å². The number of carbonyl (C=O) groups excluding carboxylic acids is 1. The zero-order valence-corrected chi connectivity index (χ0v) is 23.5. The molecule has 6 nitrogen and oxygen atoms in total. The minimum Gasteiger partial charge on any atom is -0.460 e. The fourth-order valence-electron chi connectivity index (χ4n) is 5.17. The lowest BCUT2D eigenvalue weighted by molar-refractivity contribution is 0.0924. The zero-order valence-electron chi connectivity index (χ0n) is 22.7. The molecule has 40 heavy (non-hydrogen) atoms. The van der Waals surface area contributed by atoms with Crippen molar-refractivity contribution < 1.29 is 9.21 Å². The van der Waals surface area contributed by atoms with E-state index in [2.05, 4.69) is 60.1 Å². The van der Waals surface area contributed by atoms with Crippen molar-refractivity contribution >= 4 is 17.5 Å². The summed E-state index contributed by atoms with van der Waals surface area (Å²) in [6, 6.07) is 27.6. The molecule has 5 rings (SSSR count). The smallest absolute Gasteiger partial charge is 0.253 e. The van der Waals surface area contributed by atoms with Crippen LogP contribution >= 0.6 is 11.6 Å². The van der Waals surface area contributed by atoms with Gasteiger partial charge in [0.15, 0.2) is 0 Å². The standard InChI is InChI=1S/C33H33ClN4O2/c1-21-3-7-24(8-4-21)22(2)37-19-27-12-14-32(40-27)26-11-13-30(34)29(17-26)33(39)38-31-20-36-16-15-28(31)25-9-5-23(18-35)6-10-25/h3-14,17,22,28,31,36-37H,15-16,19-20H2,1-2H3,(H,38,39)/t22-,28+,31+/m1/s1. The van der Waals surface area contributed by atoms with Crippen molar-refractivity contribution in [2.24, 2.45) is 0 Å². The number of hydrogen-bond donors (Lipinski definition) is 3. The van der Waals surface area contributed by atoms with E-state index in [1.165, 1.54) is 11.1 Å². The third kappa shape index (κ3) is 6.46. The molecule has 0 bridgehead atoms. The van der Waals surface area contributed by atoms with Crippen LogP contribution in [0.4, 0.5) is 0 Å². The minimum absolute atomic E-state index is 0.106. The third-order valence-electron chi connectivity index (χ3n) is 7.58. The Labute approximate surface area is 240 Å². The summed E-state index contributed by atoms with van der Waals surface area (Å²) in [6.45, 7) is 6.32. The van der Waals surface area contributed by atoms with Crippen LogP contribution < -0.4 is 16.0 Å². The fourth-order valence-corrected chi connectivity index (χ4v) is 5.37. The van der Waals surface area contributed by atoms with Crippen molar-refractivity contribution in [2.45, 2.75) is 44.8 Å². The zero-order chi connectivity index (χ0) is 28.1. The fraction of sp³-hybridized carbons (Fsp3) is 0.273. The lowest BCUT2D eigenvalue weighted by Gasteiger charge is -2.33. The number of nitrogens with zero attached hydrogens (tertiary/aromatic N) is 1. The predicted molar refractivity (Wildman–Crippen MR) is 158 cm³/mol. The quantitative estimate of drug-likeness (QED) is 0.232. The van der Waals surface area contributed by atoms with Crippen molar-refractivity contribution in [1.29, 1.82) is 5.26 Å². The summed E-state index contributed by atoms with van der Waals surface area (Å²) < 4.78 is 6.12. The number of hydrogen-bond acceptors (Lipinski definition) is 5. The highest BCUT2D eigenvalue weighted by atomic mass is 35.5. The molecular formula is C33H33ClN4O2. The summed E-state index contributed by atoms with van der Waals surface area (Å²) in [5, 5.41) is 19.6. The van der Waals surface area contributed by atoms with Crippen LogP contribution in [-0.4, -0.2) is 25.0 Å². The van der Waals surface area contributed by atoms with Gasteiger partial charge >= 0.3 is 0 Å². The van der Waals surface area contributed by atoms with Crippen LogP contribution in [-0.2, 0) is 6.54 Å². The summed E-state index contributed by atoms with van der Waals surface area (Å²) in [5.74, 6) is 1.41. The number of nitriles is 1. The minimum atomic E-state index is -0.223. The second-order valence-electron chi connectivity index (χ2n) is 10.4. The van der Waals surface area contributed by atoms with Crippen LogP contribution in [0.3, 0.4) is 0 Å². The first-order chi connectivity index (χ1) is 19.4. The van der Waals surface area contributed by atoms with E-state index < -0.39 is 0 Å². The molecule has 0 spiro atoms. The number of furan rings is 1. The number of benzene rings is 3. The van der Waals surface area contributed by atoms with Gasteiger partial charge in [-0.2, -0.15) is 5.26 Å². The van der Waals surface area contributed by atoms with Crippen LogP contribution in [0.5, 0.6) is 0 Å². The Morgan fingerprint density at radius 2 is 1.88 bits per heavy atom. The van der Waals surface area contributed by atoms with Gasteiger partial charge in [0.25, 0.3) is 5.91 Å². The van der Waals surface area contributed by atoms with Crippen molar-refractivity contribution in [1.82, 2.24) is 16.0 Å². The summed E-state index contributed by atoms with van der Waals surface area (Å²) in [4.78, 5) is 13.4. The molecule has 0 aliphatic carbocycles. The molecule has 1 fully saturated rings. The molecule has 204 valence electrons. The number of carbonyl (C=O) groups is 1. The number of piperidine rings is 1. The Bertz CT molecular complexity index is 1500. The van der Waals surface area contributed by atoms with Gasteiger partial charge in [-0.15, -0.1) is 0 Å². The van der Waals surface area contributed by atoms with Gasteiger partial charge in [0.2, 0.25) is 0 Å².